The van der Waals surface area contributed by atoms with E-state index in [4.69, 9.17) is 17.0 Å². The summed E-state index contributed by atoms with van der Waals surface area (Å²) in [6, 6.07) is 17.4. The minimum absolute atomic E-state index is 0.00214. The zero-order valence-electron chi connectivity index (χ0n) is 16.3. The zero-order valence-corrected chi connectivity index (χ0v) is 17.1. The van der Waals surface area contributed by atoms with E-state index >= 15 is 0 Å². The summed E-state index contributed by atoms with van der Waals surface area (Å²) in [6.45, 7) is 2.88. The van der Waals surface area contributed by atoms with E-state index in [0.717, 1.165) is 28.7 Å². The van der Waals surface area contributed by atoms with Crippen LogP contribution >= 0.6 is 12.2 Å². The van der Waals surface area contributed by atoms with Gasteiger partial charge in [-0.1, -0.05) is 6.07 Å². The molecule has 0 bridgehead atoms. The van der Waals surface area contributed by atoms with E-state index in [9.17, 15) is 4.79 Å². The van der Waals surface area contributed by atoms with Crippen molar-refractivity contribution in [3.63, 3.8) is 0 Å². The van der Waals surface area contributed by atoms with Crippen LogP contribution in [0.3, 0.4) is 0 Å². The molecule has 1 fully saturated rings. The fourth-order valence-electron chi connectivity index (χ4n) is 3.81. The van der Waals surface area contributed by atoms with Crippen LogP contribution in [0.2, 0.25) is 0 Å². The van der Waals surface area contributed by atoms with E-state index in [2.05, 4.69) is 32.8 Å². The number of nitrogens with one attached hydrogen (secondary N) is 1. The molecule has 7 heteroatoms. The molecule has 1 saturated heterocycles. The Hall–Kier alpha value is -3.19. The normalized spacial score (nSPS) is 18.6. The Kier molecular flexibility index (Phi) is 5.31. The summed E-state index contributed by atoms with van der Waals surface area (Å²) in [5.74, 6) is -0.345. The van der Waals surface area contributed by atoms with Gasteiger partial charge in [0.2, 0.25) is 0 Å². The molecular formula is C22H22N4O2S. The number of hydrogen-bond donors (Lipinski definition) is 1. The number of thiocarbonyl (C=S) groups is 1. The Morgan fingerprint density at radius 3 is 2.62 bits per heavy atom. The monoisotopic (exact) mass is 406 g/mol. The molecule has 148 valence electrons. The van der Waals surface area contributed by atoms with E-state index in [1.165, 1.54) is 7.11 Å². The van der Waals surface area contributed by atoms with E-state index < -0.39 is 0 Å². The van der Waals surface area contributed by atoms with Gasteiger partial charge in [0.1, 0.15) is 0 Å². The second-order valence-corrected chi connectivity index (χ2v) is 7.14. The van der Waals surface area contributed by atoms with Gasteiger partial charge in [0.05, 0.1) is 30.5 Å². The van der Waals surface area contributed by atoms with Crippen LogP contribution in [0.1, 0.15) is 40.8 Å². The number of ether oxygens (including phenoxy) is 1. The SMILES string of the molecule is CCN1C(=S)N[C@H](c2ccccn2)[C@H]1c1cccn1-c1ccc(C(=O)OC)cc1. The van der Waals surface area contributed by atoms with E-state index in [-0.39, 0.29) is 18.1 Å². The number of pyridine rings is 1. The van der Waals surface area contributed by atoms with Crippen LogP contribution in [0.15, 0.2) is 67.0 Å². The molecule has 0 amide bonds. The number of hydrogen-bond acceptors (Lipinski definition) is 4. The average molecular weight is 407 g/mol. The summed E-state index contributed by atoms with van der Waals surface area (Å²) >= 11 is 5.61. The third-order valence-corrected chi connectivity index (χ3v) is 5.54. The van der Waals surface area contributed by atoms with Gasteiger partial charge < -0.3 is 19.5 Å². The quantitative estimate of drug-likeness (QED) is 0.516. The Labute approximate surface area is 175 Å². The van der Waals surface area contributed by atoms with Crippen LogP contribution in [0.25, 0.3) is 5.69 Å². The minimum Gasteiger partial charge on any atom is -0.465 e. The van der Waals surface area contributed by atoms with Crippen LogP contribution in [-0.2, 0) is 4.74 Å². The summed E-state index contributed by atoms with van der Waals surface area (Å²) in [5.41, 5.74) is 3.53. The number of carbonyl (C=O) groups excluding carboxylic acids is 1. The number of likely N-dealkylation sites (N-methyl/N-ethyl adjacent to an activating group) is 1. The molecule has 4 rings (SSSR count). The van der Waals surface area contributed by atoms with Crippen molar-refractivity contribution < 1.29 is 9.53 Å². The molecule has 1 N–H and O–H groups in total. The number of methoxy groups -OCH3 is 1. The molecule has 2 atom stereocenters. The molecule has 1 aromatic carbocycles. The fraction of sp³-hybridized carbons (Fsp3) is 0.227. The summed E-state index contributed by atoms with van der Waals surface area (Å²) in [5, 5.41) is 4.16. The van der Waals surface area contributed by atoms with Crippen LogP contribution in [0.4, 0.5) is 0 Å². The average Bonchev–Trinajstić information content (AvgIpc) is 3.37. The molecule has 1 aliphatic heterocycles. The van der Waals surface area contributed by atoms with Crippen molar-refractivity contribution in [2.24, 2.45) is 0 Å². The summed E-state index contributed by atoms with van der Waals surface area (Å²) in [4.78, 5) is 18.5. The minimum atomic E-state index is -0.345. The van der Waals surface area contributed by atoms with Gasteiger partial charge in [-0.2, -0.15) is 0 Å². The van der Waals surface area contributed by atoms with Crippen molar-refractivity contribution in [3.8, 4) is 5.69 Å². The number of carbonyl (C=O) groups is 1. The van der Waals surface area contributed by atoms with Gasteiger partial charge >= 0.3 is 5.97 Å². The van der Waals surface area contributed by atoms with Gasteiger partial charge in [0, 0.05) is 30.3 Å². The lowest BCUT2D eigenvalue weighted by Gasteiger charge is -2.28. The molecule has 29 heavy (non-hydrogen) atoms. The molecule has 0 saturated carbocycles. The molecule has 1 aliphatic rings. The van der Waals surface area contributed by atoms with E-state index in [1.54, 1.807) is 18.3 Å². The highest BCUT2D eigenvalue weighted by Crippen LogP contribution is 2.39. The van der Waals surface area contributed by atoms with Gasteiger partial charge in [0.25, 0.3) is 0 Å². The van der Waals surface area contributed by atoms with Gasteiger partial charge in [0.15, 0.2) is 5.11 Å². The van der Waals surface area contributed by atoms with Gasteiger partial charge in [-0.05, 0) is 67.7 Å². The Balaban J connectivity index is 1.75. The van der Waals surface area contributed by atoms with Crippen LogP contribution < -0.4 is 5.32 Å². The molecular weight excluding hydrogens is 384 g/mol. The number of nitrogens with zero attached hydrogens (tertiary/aromatic N) is 3. The number of benzene rings is 1. The van der Waals surface area contributed by atoms with Crippen LogP contribution in [0, 0.1) is 0 Å². The van der Waals surface area contributed by atoms with E-state index in [1.807, 2.05) is 42.6 Å². The summed E-state index contributed by atoms with van der Waals surface area (Å²) in [7, 11) is 1.38. The highest BCUT2D eigenvalue weighted by Gasteiger charge is 2.40. The highest BCUT2D eigenvalue weighted by molar-refractivity contribution is 7.80. The number of esters is 1. The van der Waals surface area contributed by atoms with Crippen LogP contribution in [0.5, 0.6) is 0 Å². The standard InChI is InChI=1S/C22H22N4O2S/c1-3-25-20(19(24-22(25)29)17-7-4-5-13-23-17)18-8-6-14-26(18)16-11-9-15(10-12-16)21(27)28-2/h4-14,19-20H,3H2,1-2H3,(H,24,29)/t19-,20-/m1/s1. The fourth-order valence-corrected chi connectivity index (χ4v) is 4.18. The van der Waals surface area contributed by atoms with Crippen molar-refractivity contribution in [1.82, 2.24) is 19.8 Å². The Morgan fingerprint density at radius 2 is 1.97 bits per heavy atom. The zero-order chi connectivity index (χ0) is 20.4. The first kappa shape index (κ1) is 19.1. The third-order valence-electron chi connectivity index (χ3n) is 5.19. The predicted molar refractivity (Wildman–Crippen MR) is 115 cm³/mol. The Morgan fingerprint density at radius 1 is 1.17 bits per heavy atom. The molecule has 2 aromatic heterocycles. The third kappa shape index (κ3) is 3.49. The van der Waals surface area contributed by atoms with E-state index in [0.29, 0.717) is 5.56 Å². The number of rotatable bonds is 5. The van der Waals surface area contributed by atoms with Crippen molar-refractivity contribution >= 4 is 23.3 Å². The van der Waals surface area contributed by atoms with Crippen molar-refractivity contribution in [1.29, 1.82) is 0 Å². The molecule has 3 heterocycles. The first-order valence-corrected chi connectivity index (χ1v) is 9.89. The first-order valence-electron chi connectivity index (χ1n) is 9.48. The lowest BCUT2D eigenvalue weighted by atomic mass is 10.0. The van der Waals surface area contributed by atoms with Gasteiger partial charge in [-0.25, -0.2) is 4.79 Å². The maximum Gasteiger partial charge on any atom is 0.337 e. The lowest BCUT2D eigenvalue weighted by Crippen LogP contribution is -2.30. The molecule has 0 unspecified atom stereocenters. The molecule has 6 nitrogen and oxygen atoms in total. The molecule has 0 aliphatic carbocycles. The topological polar surface area (TPSA) is 59.4 Å². The second-order valence-electron chi connectivity index (χ2n) is 6.75. The highest BCUT2D eigenvalue weighted by atomic mass is 32.1. The van der Waals surface area contributed by atoms with Gasteiger partial charge in [-0.3, -0.25) is 4.98 Å². The van der Waals surface area contributed by atoms with Crippen LogP contribution in [-0.4, -0.2) is 39.2 Å². The molecule has 0 spiro atoms. The summed E-state index contributed by atoms with van der Waals surface area (Å²) < 4.78 is 6.92. The van der Waals surface area contributed by atoms with Crippen molar-refractivity contribution in [2.45, 2.75) is 19.0 Å². The molecule has 0 radical (unpaired) electrons. The predicted octanol–water partition coefficient (Wildman–Crippen LogP) is 3.65. The first-order chi connectivity index (χ1) is 14.1. The Bertz CT molecular complexity index is 1020. The number of aromatic nitrogens is 2. The maximum atomic E-state index is 11.7. The smallest absolute Gasteiger partial charge is 0.337 e. The lowest BCUT2D eigenvalue weighted by molar-refractivity contribution is 0.0600. The summed E-state index contributed by atoms with van der Waals surface area (Å²) in [6.07, 6.45) is 3.82. The maximum absolute atomic E-state index is 11.7. The van der Waals surface area contributed by atoms with Crippen molar-refractivity contribution in [2.75, 3.05) is 13.7 Å². The largest absolute Gasteiger partial charge is 0.465 e. The van der Waals surface area contributed by atoms with Gasteiger partial charge in [-0.15, -0.1) is 0 Å². The van der Waals surface area contributed by atoms with Crippen molar-refractivity contribution in [3.05, 3.63) is 83.9 Å². The molecule has 3 aromatic rings. The second kappa shape index (κ2) is 8.05.